The van der Waals surface area contributed by atoms with Crippen molar-refractivity contribution in [2.45, 2.75) is 24.7 Å². The fourth-order valence-corrected chi connectivity index (χ4v) is 2.95. The Hall–Kier alpha value is -0.793. The molecule has 19 heavy (non-hydrogen) atoms. The molecule has 2 aromatic carbocycles. The second-order valence-electron chi connectivity index (χ2n) is 4.11. The standard InChI is InChI=1S/C14H16O3S.Li/c1-2-3-11-17-18(15,16)14-10-6-8-12-7-4-5-9-13(12)14;/h4-10H,2-3,11H2,1H3;. The van der Waals surface area contributed by atoms with Crippen molar-refractivity contribution in [2.24, 2.45) is 0 Å². The molecule has 97 valence electrons. The zero-order chi connectivity index (χ0) is 13.0. The van der Waals surface area contributed by atoms with Crippen molar-refractivity contribution in [2.75, 3.05) is 6.61 Å². The van der Waals surface area contributed by atoms with E-state index in [1.165, 1.54) is 0 Å². The van der Waals surface area contributed by atoms with E-state index in [1.807, 2.05) is 31.2 Å². The third-order valence-corrected chi connectivity index (χ3v) is 4.13. The molecular weight excluding hydrogens is 255 g/mol. The molecule has 0 N–H and O–H groups in total. The minimum Gasteiger partial charge on any atom is -0.266 e. The summed E-state index contributed by atoms with van der Waals surface area (Å²) in [4.78, 5) is 0.247. The number of hydrogen-bond donors (Lipinski definition) is 0. The van der Waals surface area contributed by atoms with Crippen LogP contribution >= 0.6 is 0 Å². The van der Waals surface area contributed by atoms with Crippen LogP contribution in [-0.4, -0.2) is 33.9 Å². The van der Waals surface area contributed by atoms with Gasteiger partial charge in [-0.2, -0.15) is 8.42 Å². The number of benzene rings is 2. The zero-order valence-electron chi connectivity index (χ0n) is 11.3. The summed E-state index contributed by atoms with van der Waals surface area (Å²) in [5, 5.41) is 1.61. The average Bonchev–Trinajstić information content (AvgIpc) is 2.38. The summed E-state index contributed by atoms with van der Waals surface area (Å²) in [5.41, 5.74) is 0. The molecule has 2 rings (SSSR count). The number of rotatable bonds is 5. The van der Waals surface area contributed by atoms with Crippen LogP contribution in [-0.2, 0) is 14.3 Å². The van der Waals surface area contributed by atoms with Crippen molar-refractivity contribution in [3.8, 4) is 0 Å². The summed E-state index contributed by atoms with van der Waals surface area (Å²) in [6.45, 7) is 2.23. The van der Waals surface area contributed by atoms with Gasteiger partial charge in [-0.1, -0.05) is 49.7 Å². The molecule has 0 aliphatic carbocycles. The van der Waals surface area contributed by atoms with E-state index >= 15 is 0 Å². The monoisotopic (exact) mass is 271 g/mol. The summed E-state index contributed by atoms with van der Waals surface area (Å²) in [7, 11) is -3.66. The van der Waals surface area contributed by atoms with Gasteiger partial charge in [0.05, 0.1) is 6.61 Å². The minimum atomic E-state index is -3.66. The summed E-state index contributed by atoms with van der Waals surface area (Å²) in [5.74, 6) is 0. The molecule has 5 heteroatoms. The average molecular weight is 271 g/mol. The van der Waals surface area contributed by atoms with Crippen molar-refractivity contribution in [1.29, 1.82) is 0 Å². The van der Waals surface area contributed by atoms with Crippen molar-refractivity contribution < 1.29 is 12.6 Å². The molecule has 0 spiro atoms. The third kappa shape index (κ3) is 3.84. The Kier molecular flexibility index (Phi) is 6.09. The molecule has 0 saturated heterocycles. The topological polar surface area (TPSA) is 43.4 Å². The molecule has 3 nitrogen and oxygen atoms in total. The fourth-order valence-electron chi connectivity index (χ4n) is 1.79. The van der Waals surface area contributed by atoms with E-state index in [4.69, 9.17) is 4.18 Å². The molecule has 0 heterocycles. The first-order valence-corrected chi connectivity index (χ1v) is 7.43. The van der Waals surface area contributed by atoms with Crippen LogP contribution in [0.5, 0.6) is 0 Å². The summed E-state index contributed by atoms with van der Waals surface area (Å²) in [6.07, 6.45) is 1.65. The zero-order valence-corrected chi connectivity index (χ0v) is 12.1. The number of hydrogen-bond acceptors (Lipinski definition) is 3. The van der Waals surface area contributed by atoms with E-state index in [9.17, 15) is 8.42 Å². The van der Waals surface area contributed by atoms with E-state index in [0.29, 0.717) is 5.39 Å². The molecular formula is C14H16LiO3S. The van der Waals surface area contributed by atoms with Gasteiger partial charge in [0, 0.05) is 24.2 Å². The van der Waals surface area contributed by atoms with Crippen molar-refractivity contribution in [3.63, 3.8) is 0 Å². The van der Waals surface area contributed by atoms with Gasteiger partial charge in [0.2, 0.25) is 0 Å². The van der Waals surface area contributed by atoms with E-state index < -0.39 is 10.1 Å². The SMILES string of the molecule is CCCCOS(=O)(=O)c1cccc2ccccc12.[Li]. The fraction of sp³-hybridized carbons (Fsp3) is 0.286. The van der Waals surface area contributed by atoms with Crippen molar-refractivity contribution in [1.82, 2.24) is 0 Å². The second-order valence-corrected chi connectivity index (χ2v) is 5.69. The van der Waals surface area contributed by atoms with E-state index in [0.717, 1.165) is 18.2 Å². The largest absolute Gasteiger partial charge is 0.297 e. The van der Waals surface area contributed by atoms with Crippen LogP contribution in [0.1, 0.15) is 19.8 Å². The van der Waals surface area contributed by atoms with Crippen molar-refractivity contribution >= 4 is 39.8 Å². The number of fused-ring (bicyclic) bond motifs is 1. The van der Waals surface area contributed by atoms with Gasteiger partial charge in [-0.05, 0) is 17.9 Å². The molecule has 0 bridgehead atoms. The van der Waals surface area contributed by atoms with Crippen LogP contribution in [0, 0.1) is 0 Å². The Morgan fingerprint density at radius 1 is 1.05 bits per heavy atom. The minimum absolute atomic E-state index is 0. The normalized spacial score (nSPS) is 11.2. The van der Waals surface area contributed by atoms with Gasteiger partial charge in [-0.3, -0.25) is 4.18 Å². The molecule has 0 aliphatic heterocycles. The van der Waals surface area contributed by atoms with Crippen LogP contribution in [0.4, 0.5) is 0 Å². The summed E-state index contributed by atoms with van der Waals surface area (Å²) < 4.78 is 29.2. The smallest absolute Gasteiger partial charge is 0.266 e. The molecule has 0 aliphatic rings. The predicted octanol–water partition coefficient (Wildman–Crippen LogP) is 2.96. The van der Waals surface area contributed by atoms with Gasteiger partial charge >= 0.3 is 0 Å². The van der Waals surface area contributed by atoms with Gasteiger partial charge in [-0.25, -0.2) is 0 Å². The van der Waals surface area contributed by atoms with Crippen LogP contribution in [0.15, 0.2) is 47.4 Å². The first-order chi connectivity index (χ1) is 8.65. The van der Waals surface area contributed by atoms with Gasteiger partial charge in [0.25, 0.3) is 10.1 Å². The predicted molar refractivity (Wildman–Crippen MR) is 77.7 cm³/mol. The Bertz CT molecular complexity index is 633. The molecule has 0 saturated carbocycles. The van der Waals surface area contributed by atoms with E-state index in [-0.39, 0.29) is 30.4 Å². The second kappa shape index (κ2) is 7.11. The number of unbranched alkanes of at least 4 members (excludes halogenated alkanes) is 1. The Morgan fingerprint density at radius 3 is 2.47 bits per heavy atom. The summed E-state index contributed by atoms with van der Waals surface area (Å²) in [6, 6.07) is 12.6. The Balaban J connectivity index is 0.00000180. The molecule has 0 amide bonds. The van der Waals surface area contributed by atoms with Crippen LogP contribution < -0.4 is 0 Å². The molecule has 2 aromatic rings. The maximum atomic E-state index is 12.1. The van der Waals surface area contributed by atoms with Gasteiger partial charge < -0.3 is 0 Å². The molecule has 0 aromatic heterocycles. The van der Waals surface area contributed by atoms with Crippen LogP contribution in [0.2, 0.25) is 0 Å². The first kappa shape index (κ1) is 16.3. The van der Waals surface area contributed by atoms with Crippen LogP contribution in [0.3, 0.4) is 0 Å². The molecule has 0 fully saturated rings. The van der Waals surface area contributed by atoms with Crippen LogP contribution in [0.25, 0.3) is 10.8 Å². The van der Waals surface area contributed by atoms with Gasteiger partial charge in [-0.15, -0.1) is 0 Å². The van der Waals surface area contributed by atoms with Gasteiger partial charge in [0.1, 0.15) is 4.90 Å². The quantitative estimate of drug-likeness (QED) is 0.477. The molecule has 0 unspecified atom stereocenters. The van der Waals surface area contributed by atoms with Crippen molar-refractivity contribution in [3.05, 3.63) is 42.5 Å². The molecule has 0 atom stereocenters. The maximum absolute atomic E-state index is 12.1. The summed E-state index contributed by atoms with van der Waals surface area (Å²) >= 11 is 0. The first-order valence-electron chi connectivity index (χ1n) is 6.02. The third-order valence-electron chi connectivity index (χ3n) is 2.76. The molecule has 1 radical (unpaired) electrons. The van der Waals surface area contributed by atoms with E-state index in [1.54, 1.807) is 18.2 Å². The maximum Gasteiger partial charge on any atom is 0.297 e. The Morgan fingerprint density at radius 2 is 1.74 bits per heavy atom. The van der Waals surface area contributed by atoms with E-state index in [2.05, 4.69) is 0 Å². The Labute approximate surface area is 126 Å². The van der Waals surface area contributed by atoms with Gasteiger partial charge in [0.15, 0.2) is 0 Å².